The maximum atomic E-state index is 10.8. The second-order valence-corrected chi connectivity index (χ2v) is 2.95. The van der Waals surface area contributed by atoms with Gasteiger partial charge in [0.2, 0.25) is 5.71 Å². The van der Waals surface area contributed by atoms with Crippen molar-refractivity contribution >= 4 is 23.2 Å². The fourth-order valence-electron chi connectivity index (χ4n) is 1.03. The van der Waals surface area contributed by atoms with E-state index in [1.54, 1.807) is 18.2 Å². The number of hydrazone groups is 1. The quantitative estimate of drug-likeness (QED) is 0.342. The van der Waals surface area contributed by atoms with Crippen molar-refractivity contribution in [2.45, 2.75) is 0 Å². The summed E-state index contributed by atoms with van der Waals surface area (Å²) in [6.07, 6.45) is 0. The van der Waals surface area contributed by atoms with Gasteiger partial charge in [0, 0.05) is 0 Å². The van der Waals surface area contributed by atoms with Crippen molar-refractivity contribution in [1.29, 1.82) is 10.7 Å². The zero-order chi connectivity index (χ0) is 12.8. The molecule has 0 aromatic heterocycles. The van der Waals surface area contributed by atoms with Crippen molar-refractivity contribution in [2.75, 3.05) is 5.43 Å². The average Bonchev–Trinajstić information content (AvgIpc) is 2.29. The molecular formula is C10H9N5O2. The smallest absolute Gasteiger partial charge is 0.337 e. The molecule has 17 heavy (non-hydrogen) atoms. The molecule has 5 N–H and O–H groups in total. The van der Waals surface area contributed by atoms with Crippen molar-refractivity contribution in [3.05, 3.63) is 29.8 Å². The van der Waals surface area contributed by atoms with E-state index in [-0.39, 0.29) is 17.0 Å². The topological polar surface area (TPSA) is 135 Å². The first-order valence-electron chi connectivity index (χ1n) is 4.46. The van der Waals surface area contributed by atoms with E-state index in [4.69, 9.17) is 21.5 Å². The minimum absolute atomic E-state index is 0.0112. The van der Waals surface area contributed by atoms with Crippen LogP contribution in [-0.2, 0) is 0 Å². The summed E-state index contributed by atoms with van der Waals surface area (Å²) >= 11 is 0. The first kappa shape index (κ1) is 12.2. The number of anilines is 1. The number of nitriles is 1. The first-order chi connectivity index (χ1) is 8.06. The Morgan fingerprint density at radius 2 is 2.18 bits per heavy atom. The highest BCUT2D eigenvalue weighted by Crippen LogP contribution is 2.14. The van der Waals surface area contributed by atoms with E-state index in [0.717, 1.165) is 0 Å². The molecule has 1 aromatic carbocycles. The van der Waals surface area contributed by atoms with E-state index >= 15 is 0 Å². The molecule has 0 saturated heterocycles. The number of hydrogen-bond acceptors (Lipinski definition) is 5. The Kier molecular flexibility index (Phi) is 3.78. The minimum Gasteiger partial charge on any atom is -0.478 e. The van der Waals surface area contributed by atoms with Crippen LogP contribution in [0.3, 0.4) is 0 Å². The Morgan fingerprint density at radius 1 is 1.53 bits per heavy atom. The number of benzene rings is 1. The van der Waals surface area contributed by atoms with Crippen LogP contribution in [0.2, 0.25) is 0 Å². The number of carboxylic acids is 1. The highest BCUT2D eigenvalue weighted by Gasteiger charge is 2.08. The number of amidine groups is 1. The molecule has 0 aliphatic rings. The lowest BCUT2D eigenvalue weighted by Crippen LogP contribution is -2.22. The van der Waals surface area contributed by atoms with Gasteiger partial charge in [-0.15, -0.1) is 0 Å². The number of aromatic carboxylic acids is 1. The Hall–Kier alpha value is -2.88. The Balaban J connectivity index is 3.01. The van der Waals surface area contributed by atoms with Crippen LogP contribution in [0.5, 0.6) is 0 Å². The maximum absolute atomic E-state index is 10.8. The van der Waals surface area contributed by atoms with E-state index in [9.17, 15) is 4.79 Å². The van der Waals surface area contributed by atoms with Crippen LogP contribution in [0.25, 0.3) is 0 Å². The molecule has 0 atom stereocenters. The number of nitrogens with one attached hydrogen (secondary N) is 2. The summed E-state index contributed by atoms with van der Waals surface area (Å²) in [4.78, 5) is 10.8. The van der Waals surface area contributed by atoms with Gasteiger partial charge in [0.05, 0.1) is 11.3 Å². The van der Waals surface area contributed by atoms with Crippen LogP contribution >= 0.6 is 0 Å². The molecule has 0 aliphatic heterocycles. The highest BCUT2D eigenvalue weighted by atomic mass is 16.4. The maximum Gasteiger partial charge on any atom is 0.337 e. The number of para-hydroxylation sites is 1. The summed E-state index contributed by atoms with van der Waals surface area (Å²) in [5.41, 5.74) is 7.39. The van der Waals surface area contributed by atoms with Gasteiger partial charge in [-0.2, -0.15) is 10.4 Å². The van der Waals surface area contributed by atoms with Crippen LogP contribution in [0.1, 0.15) is 10.4 Å². The van der Waals surface area contributed by atoms with Gasteiger partial charge in [-0.05, 0) is 12.1 Å². The molecule has 0 bridgehead atoms. The standard InChI is InChI=1S/C10H9N5O2/c11-5-8(9(12)13)15-14-7-4-2-1-3-6(7)10(16)17/h1-4,14H,(H3,12,13)(H,16,17)/b15-8+. The van der Waals surface area contributed by atoms with Gasteiger partial charge in [-0.1, -0.05) is 12.1 Å². The van der Waals surface area contributed by atoms with Crippen molar-refractivity contribution in [3.63, 3.8) is 0 Å². The number of carbonyl (C=O) groups is 1. The van der Waals surface area contributed by atoms with Crippen LogP contribution in [0, 0.1) is 16.7 Å². The van der Waals surface area contributed by atoms with Gasteiger partial charge in [0.1, 0.15) is 6.07 Å². The molecule has 1 aromatic rings. The Morgan fingerprint density at radius 3 is 2.71 bits per heavy atom. The minimum atomic E-state index is -1.12. The molecule has 0 aliphatic carbocycles. The molecule has 0 fully saturated rings. The normalized spacial score (nSPS) is 10.4. The van der Waals surface area contributed by atoms with Crippen LogP contribution in [0.15, 0.2) is 29.4 Å². The number of hydrogen-bond donors (Lipinski definition) is 4. The molecule has 0 spiro atoms. The molecule has 7 nitrogen and oxygen atoms in total. The number of carboxylic acid groups (broad SMARTS) is 1. The first-order valence-corrected chi connectivity index (χ1v) is 4.46. The molecule has 1 rings (SSSR count). The largest absolute Gasteiger partial charge is 0.478 e. The second-order valence-electron chi connectivity index (χ2n) is 2.95. The van der Waals surface area contributed by atoms with Gasteiger partial charge >= 0.3 is 5.97 Å². The second kappa shape index (κ2) is 5.27. The fraction of sp³-hybridized carbons (Fsp3) is 0. The number of nitrogens with zero attached hydrogens (tertiary/aromatic N) is 2. The molecule has 0 amide bonds. The molecule has 7 heteroatoms. The van der Waals surface area contributed by atoms with Crippen molar-refractivity contribution < 1.29 is 9.90 Å². The van der Waals surface area contributed by atoms with E-state index in [2.05, 4.69) is 10.5 Å². The Labute approximate surface area is 96.7 Å². The monoisotopic (exact) mass is 231 g/mol. The Bertz CT molecular complexity index is 530. The zero-order valence-electron chi connectivity index (χ0n) is 8.64. The average molecular weight is 231 g/mol. The third-order valence-corrected chi connectivity index (χ3v) is 1.81. The van der Waals surface area contributed by atoms with Crippen molar-refractivity contribution in [1.82, 2.24) is 0 Å². The van der Waals surface area contributed by atoms with Crippen molar-refractivity contribution in [2.24, 2.45) is 10.8 Å². The molecule has 0 unspecified atom stereocenters. The molecule has 86 valence electrons. The van der Waals surface area contributed by atoms with E-state index in [1.165, 1.54) is 12.1 Å². The zero-order valence-corrected chi connectivity index (χ0v) is 8.64. The molecule has 0 radical (unpaired) electrons. The predicted molar refractivity (Wildman–Crippen MR) is 62.0 cm³/mol. The number of nitrogens with two attached hydrogens (primary N) is 1. The van der Waals surface area contributed by atoms with Gasteiger partial charge in [-0.3, -0.25) is 10.8 Å². The van der Waals surface area contributed by atoms with Crippen LogP contribution in [0.4, 0.5) is 5.69 Å². The third kappa shape index (κ3) is 3.04. The lowest BCUT2D eigenvalue weighted by atomic mass is 10.2. The number of rotatable bonds is 4. The van der Waals surface area contributed by atoms with Gasteiger partial charge in [-0.25, -0.2) is 4.79 Å². The van der Waals surface area contributed by atoms with Gasteiger partial charge in [0.25, 0.3) is 0 Å². The molecular weight excluding hydrogens is 222 g/mol. The summed E-state index contributed by atoms with van der Waals surface area (Å²) in [6.45, 7) is 0. The summed E-state index contributed by atoms with van der Waals surface area (Å²) in [5, 5.41) is 28.0. The van der Waals surface area contributed by atoms with Crippen molar-refractivity contribution in [3.8, 4) is 6.07 Å². The highest BCUT2D eigenvalue weighted by molar-refractivity contribution is 6.45. The lowest BCUT2D eigenvalue weighted by molar-refractivity contribution is 0.0698. The summed E-state index contributed by atoms with van der Waals surface area (Å²) in [7, 11) is 0. The SMILES string of the molecule is N#C/C(=N\Nc1ccccc1C(=O)O)C(=N)N. The van der Waals surface area contributed by atoms with Crippen LogP contribution in [-0.4, -0.2) is 22.6 Å². The summed E-state index contributed by atoms with van der Waals surface area (Å²) in [5.74, 6) is -1.61. The van der Waals surface area contributed by atoms with Crippen LogP contribution < -0.4 is 11.2 Å². The van der Waals surface area contributed by atoms with E-state index < -0.39 is 11.8 Å². The third-order valence-electron chi connectivity index (χ3n) is 1.81. The van der Waals surface area contributed by atoms with Gasteiger partial charge in [0.15, 0.2) is 5.84 Å². The summed E-state index contributed by atoms with van der Waals surface area (Å²) in [6, 6.07) is 7.67. The summed E-state index contributed by atoms with van der Waals surface area (Å²) < 4.78 is 0. The fourth-order valence-corrected chi connectivity index (χ4v) is 1.03. The lowest BCUT2D eigenvalue weighted by Gasteiger charge is -2.04. The van der Waals surface area contributed by atoms with Gasteiger partial charge < -0.3 is 10.8 Å². The molecule has 0 heterocycles. The van der Waals surface area contributed by atoms with E-state index in [0.29, 0.717) is 0 Å². The van der Waals surface area contributed by atoms with E-state index in [1.807, 2.05) is 0 Å². The predicted octanol–water partition coefficient (Wildman–Crippen LogP) is 0.612. The molecule has 0 saturated carbocycles.